The molecule has 0 bridgehead atoms. The average Bonchev–Trinajstić information content (AvgIpc) is 3.47. The first-order valence-corrected chi connectivity index (χ1v) is 15.8. The Kier molecular flexibility index (Phi) is 7.76. The third-order valence-electron chi connectivity index (χ3n) is 7.17. The maximum absolute atomic E-state index is 14.9. The zero-order valence-corrected chi connectivity index (χ0v) is 24.3. The van der Waals surface area contributed by atoms with Gasteiger partial charge in [0.15, 0.2) is 11.6 Å². The van der Waals surface area contributed by atoms with Gasteiger partial charge in [0.25, 0.3) is 0 Å². The molecule has 6 rings (SSSR count). The van der Waals surface area contributed by atoms with Gasteiger partial charge in [-0.3, -0.25) is 0 Å². The molecule has 2 heterocycles. The molecule has 1 fully saturated rings. The van der Waals surface area contributed by atoms with E-state index in [9.17, 15) is 30.4 Å². The predicted octanol–water partition coefficient (Wildman–Crippen LogP) is 7.28. The number of nitrogens with zero attached hydrogens (tertiary/aromatic N) is 3. The molecule has 1 aliphatic carbocycles. The number of aromatic nitrogens is 3. The number of halogens is 5. The van der Waals surface area contributed by atoms with Crippen LogP contribution < -0.4 is 9.88 Å². The Labute approximate surface area is 252 Å². The standard InChI is InChI=1S/C30H23F5N4O3S2/c31-23-9-4-19(16-26(23)42-21-7-5-20(6-8-21)30(33,34)35)28-22(13-18-3-10-27(24(32)14-18)44(36,40)41)25(15-17-1-2-17)39(38-28)29-37-11-12-43-29/h3-12,14,16-17H,1-2,13,15H2,(H2,36,40,41). The van der Waals surface area contributed by atoms with Gasteiger partial charge in [0, 0.05) is 29.1 Å². The third-order valence-corrected chi connectivity index (χ3v) is 8.86. The van der Waals surface area contributed by atoms with Crippen LogP contribution in [0.25, 0.3) is 16.4 Å². The van der Waals surface area contributed by atoms with Gasteiger partial charge in [0.1, 0.15) is 16.5 Å². The molecule has 0 amide bonds. The second kappa shape index (κ2) is 11.4. The van der Waals surface area contributed by atoms with Gasteiger partial charge in [-0.25, -0.2) is 32.0 Å². The van der Waals surface area contributed by atoms with Crippen LogP contribution in [0.1, 0.15) is 35.2 Å². The zero-order chi connectivity index (χ0) is 31.2. The van der Waals surface area contributed by atoms with E-state index in [0.717, 1.165) is 54.9 Å². The quantitative estimate of drug-likeness (QED) is 0.170. The van der Waals surface area contributed by atoms with Crippen molar-refractivity contribution in [3.63, 3.8) is 0 Å². The van der Waals surface area contributed by atoms with E-state index >= 15 is 0 Å². The predicted molar refractivity (Wildman–Crippen MR) is 153 cm³/mol. The van der Waals surface area contributed by atoms with E-state index < -0.39 is 38.3 Å². The lowest BCUT2D eigenvalue weighted by Gasteiger charge is -2.12. The molecule has 5 aromatic rings. The van der Waals surface area contributed by atoms with Crippen LogP contribution in [0.5, 0.6) is 11.5 Å². The van der Waals surface area contributed by atoms with Crippen molar-refractivity contribution in [3.05, 3.63) is 106 Å². The number of thiazole rings is 1. The molecule has 14 heteroatoms. The van der Waals surface area contributed by atoms with Crippen LogP contribution in [0.3, 0.4) is 0 Å². The number of sulfonamides is 1. The molecule has 0 atom stereocenters. The van der Waals surface area contributed by atoms with Crippen LogP contribution in [0, 0.1) is 17.6 Å². The van der Waals surface area contributed by atoms with Crippen molar-refractivity contribution < 1.29 is 35.1 Å². The van der Waals surface area contributed by atoms with E-state index in [1.54, 1.807) is 16.3 Å². The fourth-order valence-electron chi connectivity index (χ4n) is 4.84. The van der Waals surface area contributed by atoms with Gasteiger partial charge in [0.2, 0.25) is 15.2 Å². The minimum absolute atomic E-state index is 0.00225. The van der Waals surface area contributed by atoms with E-state index in [0.29, 0.717) is 39.9 Å². The first kappa shape index (κ1) is 29.9. The van der Waals surface area contributed by atoms with E-state index in [-0.39, 0.29) is 17.9 Å². The number of benzene rings is 3. The van der Waals surface area contributed by atoms with Crippen LogP contribution in [0.4, 0.5) is 22.0 Å². The lowest BCUT2D eigenvalue weighted by molar-refractivity contribution is -0.137. The smallest absolute Gasteiger partial charge is 0.416 e. The molecule has 44 heavy (non-hydrogen) atoms. The van der Waals surface area contributed by atoms with Crippen molar-refractivity contribution >= 4 is 21.4 Å². The normalized spacial score (nSPS) is 13.8. The molecule has 2 N–H and O–H groups in total. The second-order valence-electron chi connectivity index (χ2n) is 10.4. The highest BCUT2D eigenvalue weighted by Gasteiger charge is 2.31. The average molecular weight is 647 g/mol. The lowest BCUT2D eigenvalue weighted by Crippen LogP contribution is -2.14. The van der Waals surface area contributed by atoms with Gasteiger partial charge in [0.05, 0.1) is 17.0 Å². The Morgan fingerprint density at radius 1 is 1.00 bits per heavy atom. The highest BCUT2D eigenvalue weighted by molar-refractivity contribution is 7.89. The summed E-state index contributed by atoms with van der Waals surface area (Å²) in [4.78, 5) is 3.78. The zero-order valence-electron chi connectivity index (χ0n) is 22.7. The summed E-state index contributed by atoms with van der Waals surface area (Å²) >= 11 is 1.36. The summed E-state index contributed by atoms with van der Waals surface area (Å²) in [5.74, 6) is -1.55. The van der Waals surface area contributed by atoms with Gasteiger partial charge >= 0.3 is 6.18 Å². The summed E-state index contributed by atoms with van der Waals surface area (Å²) in [5, 5.41) is 12.4. The number of hydrogen-bond donors (Lipinski definition) is 1. The molecule has 0 saturated heterocycles. The molecule has 0 spiro atoms. The van der Waals surface area contributed by atoms with Crippen LogP contribution in [-0.4, -0.2) is 23.2 Å². The molecule has 0 aliphatic heterocycles. The second-order valence-corrected chi connectivity index (χ2v) is 12.8. The fraction of sp³-hybridized carbons (Fsp3) is 0.200. The van der Waals surface area contributed by atoms with E-state index in [2.05, 4.69) is 4.98 Å². The third kappa shape index (κ3) is 6.37. The van der Waals surface area contributed by atoms with E-state index in [4.69, 9.17) is 15.0 Å². The first-order valence-electron chi connectivity index (χ1n) is 13.3. The monoisotopic (exact) mass is 646 g/mol. The summed E-state index contributed by atoms with van der Waals surface area (Å²) in [6.45, 7) is 0. The number of nitrogens with two attached hydrogens (primary N) is 1. The van der Waals surface area contributed by atoms with Gasteiger partial charge in [-0.2, -0.15) is 18.3 Å². The van der Waals surface area contributed by atoms with E-state index in [1.807, 2.05) is 0 Å². The van der Waals surface area contributed by atoms with Gasteiger partial charge in [-0.15, -0.1) is 11.3 Å². The van der Waals surface area contributed by atoms with Crippen LogP contribution >= 0.6 is 11.3 Å². The van der Waals surface area contributed by atoms with Crippen molar-refractivity contribution in [1.82, 2.24) is 14.8 Å². The Morgan fingerprint density at radius 2 is 1.75 bits per heavy atom. The molecular formula is C30H23F5N4O3S2. The summed E-state index contributed by atoms with van der Waals surface area (Å²) in [6.07, 6.45) is -0.0469. The van der Waals surface area contributed by atoms with Crippen molar-refractivity contribution in [3.8, 4) is 27.9 Å². The molecular weight excluding hydrogens is 623 g/mol. The number of primary sulfonamides is 1. The van der Waals surface area contributed by atoms with Gasteiger partial charge in [-0.1, -0.05) is 6.07 Å². The molecule has 7 nitrogen and oxygen atoms in total. The molecule has 1 aliphatic rings. The Hall–Kier alpha value is -4.14. The number of hydrogen-bond acceptors (Lipinski definition) is 6. The van der Waals surface area contributed by atoms with Crippen molar-refractivity contribution in [1.29, 1.82) is 0 Å². The van der Waals surface area contributed by atoms with Crippen molar-refractivity contribution in [2.75, 3.05) is 0 Å². The molecule has 3 aromatic carbocycles. The Bertz CT molecular complexity index is 1940. The van der Waals surface area contributed by atoms with Gasteiger partial charge in [-0.05, 0) is 85.3 Å². The summed E-state index contributed by atoms with van der Waals surface area (Å²) in [7, 11) is -4.26. The molecule has 0 unspecified atom stereocenters. The number of rotatable bonds is 9. The SMILES string of the molecule is NS(=O)(=O)c1ccc(Cc2c(-c3ccc(F)c(Oc4ccc(C(F)(F)F)cc4)c3)nn(-c3nccs3)c2CC2CC2)cc1F. The molecule has 228 valence electrons. The fourth-order valence-corrected chi connectivity index (χ4v) is 6.05. The highest BCUT2D eigenvalue weighted by Crippen LogP contribution is 2.39. The Balaban J connectivity index is 1.44. The topological polar surface area (TPSA) is 100 Å². The molecule has 0 radical (unpaired) electrons. The maximum Gasteiger partial charge on any atom is 0.416 e. The molecule has 1 saturated carbocycles. The summed E-state index contributed by atoms with van der Waals surface area (Å²) < 4.78 is 99.6. The van der Waals surface area contributed by atoms with Gasteiger partial charge < -0.3 is 4.74 Å². The first-order chi connectivity index (χ1) is 20.9. The van der Waals surface area contributed by atoms with Crippen LogP contribution in [0.2, 0.25) is 0 Å². The van der Waals surface area contributed by atoms with Crippen LogP contribution in [-0.2, 0) is 29.0 Å². The Morgan fingerprint density at radius 3 is 2.36 bits per heavy atom. The number of alkyl halides is 3. The van der Waals surface area contributed by atoms with Crippen molar-refractivity contribution in [2.45, 2.75) is 36.8 Å². The highest BCUT2D eigenvalue weighted by atomic mass is 32.2. The minimum atomic E-state index is -4.53. The largest absolute Gasteiger partial charge is 0.454 e. The summed E-state index contributed by atoms with van der Waals surface area (Å²) in [5.41, 5.74) is 1.98. The minimum Gasteiger partial charge on any atom is -0.454 e. The lowest BCUT2D eigenvalue weighted by atomic mass is 9.96. The number of ether oxygens (including phenoxy) is 1. The maximum atomic E-state index is 14.9. The van der Waals surface area contributed by atoms with E-state index in [1.165, 1.54) is 35.6 Å². The summed E-state index contributed by atoms with van der Waals surface area (Å²) in [6, 6.07) is 11.6. The molecule has 2 aromatic heterocycles. The van der Waals surface area contributed by atoms with Crippen molar-refractivity contribution in [2.24, 2.45) is 11.1 Å². The van der Waals surface area contributed by atoms with Crippen LogP contribution in [0.15, 0.2) is 77.1 Å².